The smallest absolute Gasteiger partial charge is 0.133 e. The lowest BCUT2D eigenvalue weighted by atomic mass is 10.1. The predicted molar refractivity (Wildman–Crippen MR) is 104 cm³/mol. The van der Waals surface area contributed by atoms with Crippen molar-refractivity contribution in [2.75, 3.05) is 11.9 Å². The van der Waals surface area contributed by atoms with Crippen LogP contribution in [0.25, 0.3) is 16.3 Å². The molecule has 0 saturated carbocycles. The fourth-order valence-corrected chi connectivity index (χ4v) is 4.79. The molecule has 0 amide bonds. The summed E-state index contributed by atoms with van der Waals surface area (Å²) in [6.45, 7) is 0.997. The minimum atomic E-state index is 0.997. The van der Waals surface area contributed by atoms with Crippen molar-refractivity contribution in [3.63, 3.8) is 0 Å². The fraction of sp³-hybridized carbons (Fsp3) is 0.235. The number of fused-ring (bicyclic) bond motifs is 1. The largest absolute Gasteiger partial charge is 0.370 e. The van der Waals surface area contributed by atoms with Crippen LogP contribution in [0, 0.1) is 0 Å². The summed E-state index contributed by atoms with van der Waals surface area (Å²) in [7, 11) is 0. The summed E-state index contributed by atoms with van der Waals surface area (Å²) < 4.78 is 4.24. The van der Waals surface area contributed by atoms with Crippen LogP contribution in [0.4, 0.5) is 5.82 Å². The van der Waals surface area contributed by atoms with Gasteiger partial charge in [-0.2, -0.15) is 5.10 Å². The molecule has 1 aliphatic rings. The number of hydrogen-bond acceptors (Lipinski definition) is 3. The molecule has 2 aromatic heterocycles. The molecule has 3 nitrogen and oxygen atoms in total. The van der Waals surface area contributed by atoms with Gasteiger partial charge in [0, 0.05) is 16.6 Å². The Morgan fingerprint density at radius 1 is 1.09 bits per heavy atom. The van der Waals surface area contributed by atoms with Gasteiger partial charge in [0.1, 0.15) is 11.5 Å². The molecule has 0 atom stereocenters. The molecule has 1 aliphatic heterocycles. The van der Waals surface area contributed by atoms with Gasteiger partial charge in [-0.05, 0) is 75.4 Å². The second-order valence-corrected chi connectivity index (χ2v) is 8.84. The highest BCUT2D eigenvalue weighted by molar-refractivity contribution is 9.11. The van der Waals surface area contributed by atoms with Crippen LogP contribution < -0.4 is 5.32 Å². The third kappa shape index (κ3) is 2.88. The van der Waals surface area contributed by atoms with Crippen molar-refractivity contribution in [1.29, 1.82) is 0 Å². The van der Waals surface area contributed by atoms with Crippen molar-refractivity contribution in [3.05, 3.63) is 50.2 Å². The molecule has 0 saturated heterocycles. The molecule has 0 fully saturated rings. The third-order valence-electron chi connectivity index (χ3n) is 4.02. The van der Waals surface area contributed by atoms with Gasteiger partial charge in [0.15, 0.2) is 0 Å². The molecule has 0 aliphatic carbocycles. The number of anilines is 1. The molecule has 6 heteroatoms. The van der Waals surface area contributed by atoms with Crippen LogP contribution in [0.2, 0.25) is 0 Å². The van der Waals surface area contributed by atoms with Crippen molar-refractivity contribution in [1.82, 2.24) is 9.78 Å². The first-order chi connectivity index (χ1) is 11.2. The summed E-state index contributed by atoms with van der Waals surface area (Å²) in [4.78, 5) is 1.21. The summed E-state index contributed by atoms with van der Waals surface area (Å²) in [5.74, 6) is 1.13. The van der Waals surface area contributed by atoms with E-state index in [4.69, 9.17) is 5.10 Å². The molecule has 23 heavy (non-hydrogen) atoms. The zero-order valence-electron chi connectivity index (χ0n) is 12.4. The number of hydrogen-bond donors (Lipinski definition) is 1. The van der Waals surface area contributed by atoms with Gasteiger partial charge in [-0.25, -0.2) is 4.68 Å². The summed E-state index contributed by atoms with van der Waals surface area (Å²) in [6, 6.07) is 12.5. The number of rotatable bonds is 2. The van der Waals surface area contributed by atoms with Crippen LogP contribution in [0.3, 0.4) is 0 Å². The van der Waals surface area contributed by atoms with Gasteiger partial charge in [-0.1, -0.05) is 12.1 Å². The first-order valence-corrected chi connectivity index (χ1v) is 10.0. The average Bonchev–Trinajstić information content (AvgIpc) is 3.03. The molecule has 1 N–H and O–H groups in total. The van der Waals surface area contributed by atoms with Gasteiger partial charge < -0.3 is 5.32 Å². The summed E-state index contributed by atoms with van der Waals surface area (Å²) in [5, 5.41) is 8.55. The highest BCUT2D eigenvalue weighted by atomic mass is 79.9. The summed E-state index contributed by atoms with van der Waals surface area (Å²) in [5.41, 5.74) is 3.49. The minimum absolute atomic E-state index is 0.997. The van der Waals surface area contributed by atoms with Crippen LogP contribution in [0.1, 0.15) is 18.4 Å². The van der Waals surface area contributed by atoms with E-state index in [0.29, 0.717) is 0 Å². The standard InChI is InChI=1S/C17H15Br2N3S/c18-12-6-1-2-7-13(12)22-17-11(5-3-4-10-20-17)16(21-22)14-8-9-15(19)23-14/h1-2,6-9,20H,3-5,10H2. The van der Waals surface area contributed by atoms with Crippen molar-refractivity contribution in [2.24, 2.45) is 0 Å². The maximum absolute atomic E-state index is 4.96. The van der Waals surface area contributed by atoms with E-state index < -0.39 is 0 Å². The first kappa shape index (κ1) is 15.4. The molecule has 118 valence electrons. The minimum Gasteiger partial charge on any atom is -0.370 e. The number of para-hydroxylation sites is 1. The Labute approximate surface area is 156 Å². The van der Waals surface area contributed by atoms with E-state index in [0.717, 1.165) is 38.4 Å². The van der Waals surface area contributed by atoms with Crippen LogP contribution in [0.15, 0.2) is 44.7 Å². The Balaban J connectivity index is 1.93. The monoisotopic (exact) mass is 451 g/mol. The highest BCUT2D eigenvalue weighted by Crippen LogP contribution is 2.39. The number of benzene rings is 1. The maximum Gasteiger partial charge on any atom is 0.133 e. The maximum atomic E-state index is 4.96. The molecule has 1 aromatic carbocycles. The molecule has 0 radical (unpaired) electrons. The first-order valence-electron chi connectivity index (χ1n) is 7.60. The molecule has 0 unspecified atom stereocenters. The summed E-state index contributed by atoms with van der Waals surface area (Å²) >= 11 is 8.96. The quantitative estimate of drug-likeness (QED) is 0.526. The Bertz CT molecular complexity index is 853. The Morgan fingerprint density at radius 3 is 2.74 bits per heavy atom. The van der Waals surface area contributed by atoms with Crippen LogP contribution in [-0.4, -0.2) is 16.3 Å². The van der Waals surface area contributed by atoms with Crippen molar-refractivity contribution in [2.45, 2.75) is 19.3 Å². The Hall–Kier alpha value is -1.11. The van der Waals surface area contributed by atoms with Gasteiger partial charge in [0.2, 0.25) is 0 Å². The second kappa shape index (κ2) is 6.42. The van der Waals surface area contributed by atoms with E-state index in [2.05, 4.69) is 61.4 Å². The molecular weight excluding hydrogens is 438 g/mol. The second-order valence-electron chi connectivity index (χ2n) is 5.53. The molecule has 0 spiro atoms. The summed E-state index contributed by atoms with van der Waals surface area (Å²) in [6.07, 6.45) is 3.46. The van der Waals surface area contributed by atoms with Gasteiger partial charge >= 0.3 is 0 Å². The predicted octanol–water partition coefficient (Wildman–Crippen LogP) is 5.87. The Morgan fingerprint density at radius 2 is 1.96 bits per heavy atom. The van der Waals surface area contributed by atoms with Crippen molar-refractivity contribution >= 4 is 49.0 Å². The van der Waals surface area contributed by atoms with Crippen LogP contribution in [0.5, 0.6) is 0 Å². The zero-order chi connectivity index (χ0) is 15.8. The van der Waals surface area contributed by atoms with Gasteiger partial charge in [-0.3, -0.25) is 0 Å². The van der Waals surface area contributed by atoms with Crippen LogP contribution >= 0.6 is 43.2 Å². The van der Waals surface area contributed by atoms with Gasteiger partial charge in [0.25, 0.3) is 0 Å². The molecule has 4 rings (SSSR count). The van der Waals surface area contributed by atoms with Gasteiger partial charge in [-0.15, -0.1) is 11.3 Å². The normalized spacial score (nSPS) is 14.2. The molecule has 3 aromatic rings. The lowest BCUT2D eigenvalue weighted by Crippen LogP contribution is -2.07. The fourth-order valence-electron chi connectivity index (χ4n) is 2.94. The number of nitrogens with zero attached hydrogens (tertiary/aromatic N) is 2. The number of halogens is 2. The molecule has 3 heterocycles. The Kier molecular flexibility index (Phi) is 4.30. The SMILES string of the molecule is Brc1ccc(-c2nn(-c3ccccc3Br)c3c2CCCCN3)s1. The van der Waals surface area contributed by atoms with E-state index in [1.165, 1.54) is 23.3 Å². The van der Waals surface area contributed by atoms with Crippen molar-refractivity contribution in [3.8, 4) is 16.3 Å². The number of thiophene rings is 1. The van der Waals surface area contributed by atoms with E-state index in [1.807, 2.05) is 16.8 Å². The lowest BCUT2D eigenvalue weighted by Gasteiger charge is -2.10. The third-order valence-corrected chi connectivity index (χ3v) is 6.32. The van der Waals surface area contributed by atoms with E-state index in [-0.39, 0.29) is 0 Å². The molecule has 0 bridgehead atoms. The topological polar surface area (TPSA) is 29.9 Å². The number of aromatic nitrogens is 2. The van der Waals surface area contributed by atoms with Crippen molar-refractivity contribution < 1.29 is 0 Å². The van der Waals surface area contributed by atoms with E-state index in [1.54, 1.807) is 11.3 Å². The highest BCUT2D eigenvalue weighted by Gasteiger charge is 2.23. The number of nitrogens with one attached hydrogen (secondary N) is 1. The lowest BCUT2D eigenvalue weighted by molar-refractivity contribution is 0.780. The van der Waals surface area contributed by atoms with Crippen LogP contribution in [-0.2, 0) is 6.42 Å². The van der Waals surface area contributed by atoms with Gasteiger partial charge in [0.05, 0.1) is 14.4 Å². The zero-order valence-corrected chi connectivity index (χ0v) is 16.3. The molecular formula is C17H15Br2N3S. The van der Waals surface area contributed by atoms with E-state index in [9.17, 15) is 0 Å². The average molecular weight is 453 g/mol. The van der Waals surface area contributed by atoms with E-state index >= 15 is 0 Å².